The molecule has 5 rings (SSSR count). The van der Waals surface area contributed by atoms with E-state index in [-0.39, 0.29) is 11.8 Å². The monoisotopic (exact) mass is 562 g/mol. The minimum absolute atomic E-state index is 0.120. The number of nitrogens with one attached hydrogen (secondary N) is 1. The summed E-state index contributed by atoms with van der Waals surface area (Å²) in [4.78, 5) is 39.6. The molecular formula is C33H34N6O3. The first-order valence-corrected chi connectivity index (χ1v) is 13.8. The van der Waals surface area contributed by atoms with Gasteiger partial charge in [0.1, 0.15) is 5.69 Å². The lowest BCUT2D eigenvalue weighted by Crippen LogP contribution is -2.41. The lowest BCUT2D eigenvalue weighted by molar-refractivity contribution is -0.130. The van der Waals surface area contributed by atoms with E-state index in [9.17, 15) is 14.4 Å². The van der Waals surface area contributed by atoms with Gasteiger partial charge in [0.25, 0.3) is 5.91 Å². The molecule has 0 spiro atoms. The smallest absolute Gasteiger partial charge is 0.277 e. The molecule has 214 valence electrons. The van der Waals surface area contributed by atoms with Gasteiger partial charge < -0.3 is 15.1 Å². The summed E-state index contributed by atoms with van der Waals surface area (Å²) in [5.74, 6) is -0.0907. The van der Waals surface area contributed by atoms with Crippen molar-refractivity contribution < 1.29 is 14.4 Å². The van der Waals surface area contributed by atoms with Crippen LogP contribution in [0.3, 0.4) is 0 Å². The van der Waals surface area contributed by atoms with Crippen molar-refractivity contribution in [3.8, 4) is 6.07 Å². The third-order valence-corrected chi connectivity index (χ3v) is 7.15. The number of carbonyl (C=O) groups excluding carboxylic acids is 3. The Kier molecular flexibility index (Phi) is 9.85. The minimum Gasteiger partial charge on any atom is -0.388 e. The molecule has 0 bridgehead atoms. The quantitative estimate of drug-likeness (QED) is 0.305. The summed E-state index contributed by atoms with van der Waals surface area (Å²) in [6, 6.07) is 25.5. The zero-order chi connectivity index (χ0) is 30.1. The van der Waals surface area contributed by atoms with Gasteiger partial charge in [-0.15, -0.1) is 0 Å². The van der Waals surface area contributed by atoms with Crippen LogP contribution in [0.2, 0.25) is 0 Å². The summed E-state index contributed by atoms with van der Waals surface area (Å²) in [7, 11) is 3.66. The molecule has 2 amide bonds. The molecule has 0 atom stereocenters. The Balaban J connectivity index is 0.000000343. The molecule has 9 heteroatoms. The van der Waals surface area contributed by atoms with E-state index < -0.39 is 0 Å². The van der Waals surface area contributed by atoms with Crippen molar-refractivity contribution in [3.63, 3.8) is 0 Å². The third-order valence-electron chi connectivity index (χ3n) is 7.15. The zero-order valence-corrected chi connectivity index (χ0v) is 24.1. The number of fused-ring (bicyclic) bond motifs is 1. The van der Waals surface area contributed by atoms with Crippen molar-refractivity contribution in [2.24, 2.45) is 0 Å². The van der Waals surface area contributed by atoms with Gasteiger partial charge in [0.05, 0.1) is 29.9 Å². The molecule has 1 aliphatic heterocycles. The normalized spacial score (nSPS) is 12.0. The van der Waals surface area contributed by atoms with Crippen molar-refractivity contribution in [2.45, 2.75) is 32.9 Å². The van der Waals surface area contributed by atoms with E-state index in [0.717, 1.165) is 28.9 Å². The van der Waals surface area contributed by atoms with Gasteiger partial charge in [0, 0.05) is 45.0 Å². The van der Waals surface area contributed by atoms with Gasteiger partial charge in [0.15, 0.2) is 6.29 Å². The lowest BCUT2D eigenvalue weighted by Gasteiger charge is -2.28. The molecule has 1 aromatic heterocycles. The van der Waals surface area contributed by atoms with E-state index in [0.29, 0.717) is 49.2 Å². The van der Waals surface area contributed by atoms with Gasteiger partial charge in [-0.25, -0.2) is 0 Å². The van der Waals surface area contributed by atoms with Gasteiger partial charge in [-0.1, -0.05) is 49.4 Å². The fourth-order valence-electron chi connectivity index (χ4n) is 4.82. The number of nitriles is 1. The first-order valence-electron chi connectivity index (χ1n) is 13.8. The number of benzene rings is 3. The molecule has 1 N–H and O–H groups in total. The Morgan fingerprint density at radius 2 is 1.81 bits per heavy atom. The largest absolute Gasteiger partial charge is 0.388 e. The SMILES string of the molecule is CCC(=O)N(C)Cc1ccccc1Cc1ccc(N2CCn3ncc(C=O)c3C2=O)cc1.CNc1cccc(C#N)c1. The van der Waals surface area contributed by atoms with Crippen molar-refractivity contribution >= 4 is 29.5 Å². The van der Waals surface area contributed by atoms with Gasteiger partial charge in [-0.3, -0.25) is 19.1 Å². The van der Waals surface area contributed by atoms with Crippen molar-refractivity contribution in [2.75, 3.05) is 30.9 Å². The van der Waals surface area contributed by atoms with Crippen LogP contribution in [0.15, 0.2) is 79.0 Å². The molecule has 0 saturated heterocycles. The van der Waals surface area contributed by atoms with Crippen molar-refractivity contribution in [1.29, 1.82) is 5.26 Å². The molecule has 42 heavy (non-hydrogen) atoms. The molecule has 0 unspecified atom stereocenters. The molecule has 1 aliphatic rings. The molecule has 0 saturated carbocycles. The Morgan fingerprint density at radius 1 is 1.07 bits per heavy atom. The maximum Gasteiger partial charge on any atom is 0.277 e. The van der Waals surface area contributed by atoms with Crippen molar-refractivity contribution in [3.05, 3.63) is 113 Å². The zero-order valence-electron chi connectivity index (χ0n) is 24.1. The number of amides is 2. The first-order chi connectivity index (χ1) is 20.4. The Bertz CT molecular complexity index is 1600. The lowest BCUT2D eigenvalue weighted by atomic mass is 9.99. The second-order valence-corrected chi connectivity index (χ2v) is 9.90. The molecule has 4 aromatic rings. The minimum atomic E-state index is -0.211. The number of aromatic nitrogens is 2. The summed E-state index contributed by atoms with van der Waals surface area (Å²) in [5, 5.41) is 15.6. The van der Waals surface area contributed by atoms with Crippen LogP contribution in [0.5, 0.6) is 0 Å². The van der Waals surface area contributed by atoms with E-state index in [2.05, 4.69) is 28.6 Å². The van der Waals surface area contributed by atoms with E-state index in [1.807, 2.05) is 69.6 Å². The van der Waals surface area contributed by atoms with E-state index >= 15 is 0 Å². The van der Waals surface area contributed by atoms with Crippen LogP contribution in [0.4, 0.5) is 11.4 Å². The van der Waals surface area contributed by atoms with Crippen LogP contribution in [0, 0.1) is 11.3 Å². The van der Waals surface area contributed by atoms with Crippen molar-refractivity contribution in [1.82, 2.24) is 14.7 Å². The number of carbonyl (C=O) groups is 3. The second-order valence-electron chi connectivity index (χ2n) is 9.90. The number of hydrogen-bond acceptors (Lipinski definition) is 6. The average Bonchev–Trinajstić information content (AvgIpc) is 3.47. The maximum absolute atomic E-state index is 12.9. The fourth-order valence-corrected chi connectivity index (χ4v) is 4.82. The predicted octanol–water partition coefficient (Wildman–Crippen LogP) is 4.92. The summed E-state index contributed by atoms with van der Waals surface area (Å²) in [5.41, 5.74) is 6.53. The van der Waals surface area contributed by atoms with Crippen LogP contribution in [-0.2, 0) is 24.3 Å². The molecule has 0 radical (unpaired) electrons. The third kappa shape index (κ3) is 6.91. The van der Waals surface area contributed by atoms with Crippen LogP contribution < -0.4 is 10.2 Å². The van der Waals surface area contributed by atoms with Crippen LogP contribution in [0.25, 0.3) is 0 Å². The van der Waals surface area contributed by atoms with Crippen LogP contribution >= 0.6 is 0 Å². The number of nitrogens with zero attached hydrogens (tertiary/aromatic N) is 5. The average molecular weight is 563 g/mol. The predicted molar refractivity (Wildman–Crippen MR) is 162 cm³/mol. The highest BCUT2D eigenvalue weighted by Crippen LogP contribution is 2.24. The number of anilines is 2. The van der Waals surface area contributed by atoms with E-state index in [1.165, 1.54) is 11.8 Å². The molecule has 9 nitrogen and oxygen atoms in total. The maximum atomic E-state index is 12.9. The van der Waals surface area contributed by atoms with Gasteiger partial charge in [0.2, 0.25) is 5.91 Å². The Morgan fingerprint density at radius 3 is 2.48 bits per heavy atom. The summed E-state index contributed by atoms with van der Waals surface area (Å²) in [6.45, 7) is 3.50. The number of aldehydes is 1. The Labute approximate surface area is 246 Å². The molecule has 0 aliphatic carbocycles. The summed E-state index contributed by atoms with van der Waals surface area (Å²) >= 11 is 0. The fraction of sp³-hybridized carbons (Fsp3) is 0.242. The van der Waals surface area contributed by atoms with Gasteiger partial charge in [-0.05, 0) is 53.4 Å². The van der Waals surface area contributed by atoms with E-state index in [1.54, 1.807) is 26.6 Å². The van der Waals surface area contributed by atoms with Gasteiger partial charge in [-0.2, -0.15) is 10.4 Å². The molecule has 0 fully saturated rings. The standard InChI is InChI=1S/C25H26N4O3.C8H8N2/c1-3-23(31)27(2)16-20-7-5-4-6-19(20)14-18-8-10-22(11-9-18)28-12-13-29-24(25(28)32)21(17-30)15-26-29;1-10-8-4-2-3-7(5-8)6-9/h4-11,15,17H,3,12-14,16H2,1-2H3;2-5,10H,1H3. The summed E-state index contributed by atoms with van der Waals surface area (Å²) < 4.78 is 1.59. The van der Waals surface area contributed by atoms with Gasteiger partial charge >= 0.3 is 0 Å². The first kappa shape index (κ1) is 29.7. The number of rotatable bonds is 8. The highest BCUT2D eigenvalue weighted by atomic mass is 16.2. The Hall–Kier alpha value is -5.23. The topological polar surface area (TPSA) is 111 Å². The van der Waals surface area contributed by atoms with E-state index in [4.69, 9.17) is 5.26 Å². The number of hydrogen-bond donors (Lipinski definition) is 1. The van der Waals surface area contributed by atoms with Crippen LogP contribution in [-0.4, -0.2) is 53.4 Å². The second kappa shape index (κ2) is 13.9. The van der Waals surface area contributed by atoms with Crippen LogP contribution in [0.1, 0.15) is 56.4 Å². The molecule has 3 aromatic carbocycles. The molecule has 2 heterocycles. The molecular weight excluding hydrogens is 528 g/mol. The highest BCUT2D eigenvalue weighted by molar-refractivity contribution is 6.09. The summed E-state index contributed by atoms with van der Waals surface area (Å²) in [6.07, 6.45) is 3.34. The highest BCUT2D eigenvalue weighted by Gasteiger charge is 2.29.